The van der Waals surface area contributed by atoms with E-state index >= 15 is 0 Å². The van der Waals surface area contributed by atoms with Gasteiger partial charge in [-0.15, -0.1) is 0 Å². The Kier molecular flexibility index (Phi) is 6.98. The van der Waals surface area contributed by atoms with E-state index in [2.05, 4.69) is 19.2 Å². The molecule has 1 amide bonds. The number of hydrogen-bond donors (Lipinski definition) is 1. The Morgan fingerprint density at radius 2 is 1.76 bits per heavy atom. The number of halogens is 2. The van der Waals surface area contributed by atoms with Gasteiger partial charge in [-0.1, -0.05) is 37.0 Å². The molecule has 5 heteroatoms. The van der Waals surface area contributed by atoms with Gasteiger partial charge in [-0.3, -0.25) is 4.79 Å². The van der Waals surface area contributed by atoms with Gasteiger partial charge in [0.05, 0.1) is 10.0 Å². The molecule has 0 bridgehead atoms. The third-order valence-electron chi connectivity index (χ3n) is 2.54. The van der Waals surface area contributed by atoms with Crippen molar-refractivity contribution < 1.29 is 4.79 Å². The van der Waals surface area contributed by atoms with Gasteiger partial charge in [-0.05, 0) is 31.0 Å². The van der Waals surface area contributed by atoms with E-state index in [4.69, 9.17) is 23.2 Å². The molecule has 1 rings (SSSR count). The average molecular weight is 294 g/mol. The second-order valence-electron chi connectivity index (χ2n) is 4.14. The molecule has 0 spiro atoms. The van der Waals surface area contributed by atoms with Crippen LogP contribution in [-0.2, 0) is 0 Å². The number of nitrogens with one attached hydrogen (secondary N) is 1. The van der Waals surface area contributed by atoms with Gasteiger partial charge < -0.3 is 5.32 Å². The quantitative estimate of drug-likeness (QED) is 0.900. The summed E-state index contributed by atoms with van der Waals surface area (Å²) in [6, 6.07) is 4.99. The number of benzene rings is 1. The highest BCUT2D eigenvalue weighted by Crippen LogP contribution is 2.22. The smallest absolute Gasteiger partial charge is 0.251 e. The average Bonchev–Trinajstić information content (AvgIpc) is 2.21. The van der Waals surface area contributed by atoms with E-state index in [1.165, 1.54) is 0 Å². The summed E-state index contributed by atoms with van der Waals surface area (Å²) in [5.74, 6) is 0.270. The van der Waals surface area contributed by atoms with Crippen LogP contribution in [0.5, 0.6) is 0 Å². The van der Waals surface area contributed by atoms with Gasteiger partial charge in [0.25, 0.3) is 5.91 Å². The molecule has 0 unspecified atom stereocenters. The molecular formula is C12H17Cl2NOS. The minimum absolute atomic E-state index is 0. The molecule has 0 aromatic heterocycles. The van der Waals surface area contributed by atoms with Gasteiger partial charge in [0.2, 0.25) is 0 Å². The lowest BCUT2D eigenvalue weighted by Gasteiger charge is -2.17. The highest BCUT2D eigenvalue weighted by molar-refractivity contribution is 7.59. The molecule has 96 valence electrons. The molecule has 0 aliphatic rings. The van der Waals surface area contributed by atoms with Crippen LogP contribution in [0.4, 0.5) is 0 Å². The lowest BCUT2D eigenvalue weighted by Crippen LogP contribution is -2.36. The van der Waals surface area contributed by atoms with E-state index in [0.717, 1.165) is 0 Å². The van der Waals surface area contributed by atoms with Crippen molar-refractivity contribution >= 4 is 42.6 Å². The first-order valence-corrected chi connectivity index (χ1v) is 5.93. The van der Waals surface area contributed by atoms with E-state index in [1.807, 2.05) is 6.92 Å². The van der Waals surface area contributed by atoms with Crippen molar-refractivity contribution in [1.82, 2.24) is 5.32 Å². The number of rotatable bonds is 3. The molecule has 17 heavy (non-hydrogen) atoms. The van der Waals surface area contributed by atoms with Gasteiger partial charge in [0, 0.05) is 11.6 Å². The second-order valence-corrected chi connectivity index (χ2v) is 4.95. The maximum absolute atomic E-state index is 11.8. The highest BCUT2D eigenvalue weighted by Gasteiger charge is 2.13. The maximum Gasteiger partial charge on any atom is 0.251 e. The Hall–Kier alpha value is -0.380. The van der Waals surface area contributed by atoms with Gasteiger partial charge in [0.1, 0.15) is 0 Å². The molecule has 0 aliphatic heterocycles. The fourth-order valence-corrected chi connectivity index (χ4v) is 1.39. The molecule has 0 fully saturated rings. The van der Waals surface area contributed by atoms with Crippen molar-refractivity contribution in [3.05, 3.63) is 33.8 Å². The molecule has 0 radical (unpaired) electrons. The Morgan fingerprint density at radius 3 is 2.24 bits per heavy atom. The van der Waals surface area contributed by atoms with Crippen LogP contribution in [0.15, 0.2) is 18.2 Å². The second kappa shape index (κ2) is 7.14. The molecule has 1 atom stereocenters. The molecule has 0 saturated heterocycles. The molecule has 0 aliphatic carbocycles. The number of carbonyl (C=O) groups is 1. The predicted molar refractivity (Wildman–Crippen MR) is 78.6 cm³/mol. The lowest BCUT2D eigenvalue weighted by atomic mass is 10.1. The monoisotopic (exact) mass is 293 g/mol. The summed E-state index contributed by atoms with van der Waals surface area (Å²) >= 11 is 11.6. The number of carbonyl (C=O) groups excluding carboxylic acids is 1. The van der Waals surface area contributed by atoms with Crippen LogP contribution in [-0.4, -0.2) is 11.9 Å². The first-order chi connectivity index (χ1) is 7.41. The molecule has 0 saturated carbocycles. The predicted octanol–water partition coefficient (Wildman–Crippen LogP) is 3.88. The molecular weight excluding hydrogens is 277 g/mol. The molecule has 0 heterocycles. The highest BCUT2D eigenvalue weighted by atomic mass is 35.5. The Morgan fingerprint density at radius 1 is 1.18 bits per heavy atom. The summed E-state index contributed by atoms with van der Waals surface area (Å²) in [5.41, 5.74) is 0.530. The van der Waals surface area contributed by atoms with E-state index in [-0.39, 0.29) is 25.4 Å². The van der Waals surface area contributed by atoms with Crippen LogP contribution >= 0.6 is 36.7 Å². The third-order valence-corrected chi connectivity index (χ3v) is 3.28. The zero-order valence-corrected chi connectivity index (χ0v) is 12.6. The van der Waals surface area contributed by atoms with Crippen molar-refractivity contribution in [2.45, 2.75) is 26.8 Å². The van der Waals surface area contributed by atoms with Crippen molar-refractivity contribution in [2.75, 3.05) is 0 Å². The van der Waals surface area contributed by atoms with Gasteiger partial charge in [0.15, 0.2) is 0 Å². The summed E-state index contributed by atoms with van der Waals surface area (Å²) in [5, 5.41) is 3.75. The van der Waals surface area contributed by atoms with Gasteiger partial charge in [-0.2, -0.15) is 13.5 Å². The minimum Gasteiger partial charge on any atom is -0.349 e. The fourth-order valence-electron chi connectivity index (χ4n) is 1.09. The first kappa shape index (κ1) is 16.6. The summed E-state index contributed by atoms with van der Waals surface area (Å²) in [7, 11) is 0. The largest absolute Gasteiger partial charge is 0.349 e. The van der Waals surface area contributed by atoms with E-state index < -0.39 is 0 Å². The van der Waals surface area contributed by atoms with Crippen LogP contribution in [0.2, 0.25) is 10.0 Å². The van der Waals surface area contributed by atoms with E-state index in [9.17, 15) is 4.79 Å². The summed E-state index contributed by atoms with van der Waals surface area (Å²) in [6.45, 7) is 6.08. The van der Waals surface area contributed by atoms with Crippen molar-refractivity contribution in [2.24, 2.45) is 5.92 Å². The van der Waals surface area contributed by atoms with Crippen LogP contribution in [0, 0.1) is 5.92 Å². The van der Waals surface area contributed by atoms with Gasteiger partial charge >= 0.3 is 0 Å². The zero-order chi connectivity index (χ0) is 12.3. The van der Waals surface area contributed by atoms with E-state index in [1.54, 1.807) is 18.2 Å². The van der Waals surface area contributed by atoms with Crippen LogP contribution in [0.25, 0.3) is 0 Å². The zero-order valence-electron chi connectivity index (χ0n) is 10.1. The Balaban J connectivity index is 0.00000256. The number of hydrogen-bond acceptors (Lipinski definition) is 1. The summed E-state index contributed by atoms with van der Waals surface area (Å²) < 4.78 is 0. The Labute approximate surface area is 119 Å². The molecule has 1 aromatic rings. The molecule has 1 N–H and O–H groups in total. The summed E-state index contributed by atoms with van der Waals surface area (Å²) in [6.07, 6.45) is 0. The normalized spacial score (nSPS) is 11.9. The first-order valence-electron chi connectivity index (χ1n) is 5.17. The lowest BCUT2D eigenvalue weighted by molar-refractivity contribution is 0.0930. The van der Waals surface area contributed by atoms with Crippen molar-refractivity contribution in [1.29, 1.82) is 0 Å². The minimum atomic E-state index is -0.125. The standard InChI is InChI=1S/C12H15Cl2NO.H2S/c1-7(2)8(3)15-12(16)9-4-5-10(13)11(14)6-9;/h4-8H,1-3H3,(H,15,16);1H2/t8-;/m0./s1. The van der Waals surface area contributed by atoms with E-state index in [0.29, 0.717) is 21.5 Å². The molecule has 2 nitrogen and oxygen atoms in total. The topological polar surface area (TPSA) is 29.1 Å². The third kappa shape index (κ3) is 4.78. The maximum atomic E-state index is 11.8. The Bertz CT molecular complexity index is 396. The molecule has 1 aromatic carbocycles. The van der Waals surface area contributed by atoms with Crippen LogP contribution < -0.4 is 5.32 Å². The van der Waals surface area contributed by atoms with Crippen molar-refractivity contribution in [3.8, 4) is 0 Å². The van der Waals surface area contributed by atoms with Crippen LogP contribution in [0.3, 0.4) is 0 Å². The SMILES string of the molecule is CC(C)[C@H](C)NC(=O)c1ccc(Cl)c(Cl)c1.S. The fraction of sp³-hybridized carbons (Fsp3) is 0.417. The van der Waals surface area contributed by atoms with Crippen LogP contribution in [0.1, 0.15) is 31.1 Å². The van der Waals surface area contributed by atoms with Gasteiger partial charge in [-0.25, -0.2) is 0 Å². The summed E-state index contributed by atoms with van der Waals surface area (Å²) in [4.78, 5) is 11.8. The van der Waals surface area contributed by atoms with Crippen molar-refractivity contribution in [3.63, 3.8) is 0 Å². The number of amides is 1.